The number of halogens is 1. The van der Waals surface area contributed by atoms with Crippen LogP contribution in [-0.2, 0) is 20.9 Å². The molecule has 11 nitrogen and oxygen atoms in total. The molecule has 1 N–H and O–H groups in total. The zero-order valence-electron chi connectivity index (χ0n) is 24.6. The highest BCUT2D eigenvalue weighted by molar-refractivity contribution is 9.10. The zero-order chi connectivity index (χ0) is 30.6. The number of carbonyl (C=O) groups is 3. The number of fused-ring (bicyclic) bond motifs is 2. The number of hydrogen-bond acceptors (Lipinski definition) is 8. The van der Waals surface area contributed by atoms with Crippen LogP contribution in [0, 0.1) is 26.2 Å². The molecular weight excluding hydrogens is 614 g/mol. The number of likely N-dealkylation sites (tertiary alicyclic amines) is 1. The van der Waals surface area contributed by atoms with E-state index in [1.54, 1.807) is 29.1 Å². The normalized spacial score (nSPS) is 20.7. The molecule has 0 bridgehead atoms. The van der Waals surface area contributed by atoms with Crippen molar-refractivity contribution >= 4 is 50.2 Å². The van der Waals surface area contributed by atoms with Gasteiger partial charge in [-0.2, -0.15) is 5.10 Å². The maximum atomic E-state index is 14.1. The van der Waals surface area contributed by atoms with Gasteiger partial charge in [-0.1, -0.05) is 6.07 Å². The van der Waals surface area contributed by atoms with Gasteiger partial charge in [-0.15, -0.1) is 0 Å². The second kappa shape index (κ2) is 10.9. The van der Waals surface area contributed by atoms with Crippen molar-refractivity contribution in [3.63, 3.8) is 0 Å². The van der Waals surface area contributed by atoms with Crippen molar-refractivity contribution in [1.29, 1.82) is 0 Å². The Hall–Kier alpha value is -4.03. The first-order chi connectivity index (χ1) is 20.5. The molecule has 6 rings (SSSR count). The first-order valence-electron chi connectivity index (χ1n) is 14.1. The average molecular weight is 647 g/mol. The molecule has 2 aliphatic rings. The quantitative estimate of drug-likeness (QED) is 0.220. The Bertz CT molecular complexity index is 1790. The SMILES string of the molecule is COC[C@@]12C[C@@H](C(=O)Nc3nc(Br)ccc3C)N(C(=O)Cn3nc(C(C)=O)c4cc(-c5cnc(C)nc5)cc(C)c43)[C@@H]1C2. The first-order valence-corrected chi connectivity index (χ1v) is 14.9. The van der Waals surface area contributed by atoms with Crippen molar-refractivity contribution in [2.45, 2.75) is 59.2 Å². The van der Waals surface area contributed by atoms with E-state index in [0.29, 0.717) is 40.2 Å². The van der Waals surface area contributed by atoms with Gasteiger partial charge in [-0.25, -0.2) is 15.0 Å². The van der Waals surface area contributed by atoms with Gasteiger partial charge >= 0.3 is 0 Å². The van der Waals surface area contributed by atoms with Crippen LogP contribution in [-0.4, -0.2) is 73.0 Å². The van der Waals surface area contributed by atoms with Crippen LogP contribution >= 0.6 is 15.9 Å². The fourth-order valence-corrected chi connectivity index (χ4v) is 6.67. The minimum absolute atomic E-state index is 0.115. The summed E-state index contributed by atoms with van der Waals surface area (Å²) in [4.78, 5) is 55.1. The van der Waals surface area contributed by atoms with Crippen LogP contribution in [0.3, 0.4) is 0 Å². The number of carbonyl (C=O) groups excluding carboxylic acids is 3. The number of anilines is 1. The van der Waals surface area contributed by atoms with E-state index in [-0.39, 0.29) is 41.3 Å². The first kappa shape index (κ1) is 29.1. The Morgan fingerprint density at radius 3 is 2.51 bits per heavy atom. The Morgan fingerprint density at radius 1 is 1.07 bits per heavy atom. The number of amides is 2. The highest BCUT2D eigenvalue weighted by Gasteiger charge is 2.67. The maximum absolute atomic E-state index is 14.1. The Morgan fingerprint density at radius 2 is 1.81 bits per heavy atom. The van der Waals surface area contributed by atoms with Crippen LogP contribution in [0.2, 0.25) is 0 Å². The Balaban J connectivity index is 1.33. The van der Waals surface area contributed by atoms with Crippen molar-refractivity contribution < 1.29 is 19.1 Å². The Kier molecular flexibility index (Phi) is 7.37. The number of ether oxygens (including phenoxy) is 1. The number of methoxy groups -OCH3 is 1. The highest BCUT2D eigenvalue weighted by Crippen LogP contribution is 2.59. The van der Waals surface area contributed by atoms with Crippen LogP contribution in [0.15, 0.2) is 41.3 Å². The topological polar surface area (TPSA) is 132 Å². The second-order valence-electron chi connectivity index (χ2n) is 11.6. The number of nitrogens with one attached hydrogen (secondary N) is 1. The average Bonchev–Trinajstić information content (AvgIpc) is 3.35. The van der Waals surface area contributed by atoms with Gasteiger partial charge in [0.1, 0.15) is 34.5 Å². The molecule has 12 heteroatoms. The lowest BCUT2D eigenvalue weighted by molar-refractivity contribution is -0.138. The molecule has 4 aromatic rings. The van der Waals surface area contributed by atoms with Crippen LogP contribution in [0.25, 0.3) is 22.0 Å². The predicted octanol–water partition coefficient (Wildman–Crippen LogP) is 4.42. The molecular formula is C31H32BrN7O4. The maximum Gasteiger partial charge on any atom is 0.248 e. The van der Waals surface area contributed by atoms with E-state index < -0.39 is 6.04 Å². The summed E-state index contributed by atoms with van der Waals surface area (Å²) in [6, 6.07) is 6.74. The number of aryl methyl sites for hydroxylation is 3. The summed E-state index contributed by atoms with van der Waals surface area (Å²) in [5.74, 6) is 0.377. The molecule has 1 saturated carbocycles. The second-order valence-corrected chi connectivity index (χ2v) is 12.4. The van der Waals surface area contributed by atoms with Gasteiger partial charge in [0, 0.05) is 48.8 Å². The van der Waals surface area contributed by atoms with Crippen LogP contribution < -0.4 is 5.32 Å². The van der Waals surface area contributed by atoms with Crippen LogP contribution in [0.4, 0.5) is 5.82 Å². The van der Waals surface area contributed by atoms with Gasteiger partial charge in [-0.05, 0) is 84.4 Å². The number of nitrogens with zero attached hydrogens (tertiary/aromatic N) is 6. The van der Waals surface area contributed by atoms with Crippen molar-refractivity contribution in [3.05, 3.63) is 63.9 Å². The molecule has 4 heterocycles. The molecule has 1 aliphatic carbocycles. The summed E-state index contributed by atoms with van der Waals surface area (Å²) in [5.41, 5.74) is 4.07. The Labute approximate surface area is 257 Å². The molecule has 0 spiro atoms. The fourth-order valence-electron chi connectivity index (χ4n) is 6.36. The third-order valence-corrected chi connectivity index (χ3v) is 8.95. The summed E-state index contributed by atoms with van der Waals surface area (Å²) in [5, 5.41) is 8.20. The number of piperidine rings is 1. The number of hydrogen-bond donors (Lipinski definition) is 1. The van der Waals surface area contributed by atoms with E-state index >= 15 is 0 Å². The van der Waals surface area contributed by atoms with Crippen molar-refractivity contribution in [2.24, 2.45) is 5.41 Å². The molecule has 3 aromatic heterocycles. The molecule has 0 unspecified atom stereocenters. The van der Waals surface area contributed by atoms with E-state index in [4.69, 9.17) is 4.74 Å². The number of benzene rings is 1. The molecule has 43 heavy (non-hydrogen) atoms. The van der Waals surface area contributed by atoms with Gasteiger partial charge < -0.3 is 15.0 Å². The third-order valence-electron chi connectivity index (χ3n) is 8.51. The molecule has 0 radical (unpaired) electrons. The van der Waals surface area contributed by atoms with E-state index in [1.807, 2.05) is 45.0 Å². The molecule has 1 aromatic carbocycles. The lowest BCUT2D eigenvalue weighted by Crippen LogP contribution is -2.47. The van der Waals surface area contributed by atoms with E-state index in [2.05, 4.69) is 41.3 Å². The fraction of sp³-hybridized carbons (Fsp3) is 0.387. The molecule has 2 fully saturated rings. The molecule has 2 amide bonds. The van der Waals surface area contributed by atoms with Gasteiger partial charge in [0.15, 0.2) is 5.78 Å². The molecule has 3 atom stereocenters. The minimum atomic E-state index is -0.690. The van der Waals surface area contributed by atoms with Gasteiger partial charge in [0.25, 0.3) is 0 Å². The lowest BCUT2D eigenvalue weighted by atomic mass is 10.00. The number of ketones is 1. The number of Topliss-reactive ketones (excluding diaryl/α,β-unsaturated/α-hetero) is 1. The number of rotatable bonds is 8. The van der Waals surface area contributed by atoms with Gasteiger partial charge in [-0.3, -0.25) is 19.1 Å². The summed E-state index contributed by atoms with van der Waals surface area (Å²) >= 11 is 3.36. The molecule has 1 aliphatic heterocycles. The van der Waals surface area contributed by atoms with Crippen molar-refractivity contribution in [3.8, 4) is 11.1 Å². The number of aromatic nitrogens is 5. The standard InChI is InChI=1S/C31H32BrN7O4/c1-16-6-7-25(32)35-29(16)36-30(42)23-10-31(15-43-5)11-24(31)39(23)26(41)14-38-28-17(2)8-20(21-12-33-19(4)34-13-21)9-22(28)27(37-38)18(3)40/h6-9,12-13,23-24H,10-11,14-15H2,1-5H3,(H,35,36,42)/t23-,24+,31-/m0/s1. The van der Waals surface area contributed by atoms with Gasteiger partial charge in [0.2, 0.25) is 11.8 Å². The van der Waals surface area contributed by atoms with Crippen molar-refractivity contribution in [2.75, 3.05) is 19.0 Å². The minimum Gasteiger partial charge on any atom is -0.384 e. The highest BCUT2D eigenvalue weighted by atomic mass is 79.9. The smallest absolute Gasteiger partial charge is 0.248 e. The van der Waals surface area contributed by atoms with E-state index in [9.17, 15) is 14.4 Å². The van der Waals surface area contributed by atoms with Crippen LogP contribution in [0.5, 0.6) is 0 Å². The lowest BCUT2D eigenvalue weighted by Gasteiger charge is -2.27. The van der Waals surface area contributed by atoms with Crippen molar-refractivity contribution in [1.82, 2.24) is 29.6 Å². The third kappa shape index (κ3) is 5.22. The zero-order valence-corrected chi connectivity index (χ0v) is 26.2. The number of pyridine rings is 1. The molecule has 222 valence electrons. The van der Waals surface area contributed by atoms with Crippen LogP contribution in [0.1, 0.15) is 47.2 Å². The predicted molar refractivity (Wildman–Crippen MR) is 164 cm³/mol. The summed E-state index contributed by atoms with van der Waals surface area (Å²) in [7, 11) is 1.64. The largest absolute Gasteiger partial charge is 0.384 e. The molecule has 1 saturated heterocycles. The summed E-state index contributed by atoms with van der Waals surface area (Å²) in [6.45, 7) is 7.43. The summed E-state index contributed by atoms with van der Waals surface area (Å²) < 4.78 is 7.70. The summed E-state index contributed by atoms with van der Waals surface area (Å²) in [6.07, 6.45) is 4.76. The van der Waals surface area contributed by atoms with Gasteiger partial charge in [0.05, 0.1) is 12.1 Å². The monoisotopic (exact) mass is 645 g/mol. The van der Waals surface area contributed by atoms with E-state index in [0.717, 1.165) is 28.7 Å². The van der Waals surface area contributed by atoms with E-state index in [1.165, 1.54) is 6.92 Å².